The van der Waals surface area contributed by atoms with Crippen molar-refractivity contribution in [2.24, 2.45) is 28.1 Å². The van der Waals surface area contributed by atoms with Crippen LogP contribution in [0.3, 0.4) is 0 Å². The number of rotatable bonds is 14. The fourth-order valence-corrected chi connectivity index (χ4v) is 2.60. The minimum atomic E-state index is -1.23. The number of amides is 3. The van der Waals surface area contributed by atoms with Gasteiger partial charge >= 0.3 is 5.97 Å². The molecule has 32 heavy (non-hydrogen) atoms. The van der Waals surface area contributed by atoms with Crippen molar-refractivity contribution in [1.82, 2.24) is 16.0 Å². The van der Waals surface area contributed by atoms with Crippen LogP contribution in [-0.4, -0.2) is 76.7 Å². The third-order valence-electron chi connectivity index (χ3n) is 4.93. The minimum Gasteiger partial charge on any atom is -0.480 e. The maximum Gasteiger partial charge on any atom is 0.326 e. The van der Waals surface area contributed by atoms with Gasteiger partial charge in [0.2, 0.25) is 17.7 Å². The fraction of sp³-hybridized carbons (Fsp3) is 0.737. The van der Waals surface area contributed by atoms with E-state index >= 15 is 0 Å². The van der Waals surface area contributed by atoms with Gasteiger partial charge < -0.3 is 43.4 Å². The number of carboxylic acids is 1. The minimum absolute atomic E-state index is 0.120. The summed E-state index contributed by atoms with van der Waals surface area (Å²) in [4.78, 5) is 52.6. The van der Waals surface area contributed by atoms with Gasteiger partial charge in [-0.3, -0.25) is 19.4 Å². The lowest BCUT2D eigenvalue weighted by Crippen LogP contribution is -2.57. The van der Waals surface area contributed by atoms with Gasteiger partial charge in [-0.2, -0.15) is 0 Å². The lowest BCUT2D eigenvalue weighted by atomic mass is 9.98. The molecule has 13 nitrogen and oxygen atoms in total. The molecule has 0 aliphatic heterocycles. The van der Waals surface area contributed by atoms with Crippen LogP contribution in [0, 0.1) is 5.92 Å². The first-order valence-corrected chi connectivity index (χ1v) is 10.4. The van der Waals surface area contributed by atoms with Gasteiger partial charge in [-0.05, 0) is 32.6 Å². The van der Waals surface area contributed by atoms with E-state index in [0.29, 0.717) is 12.8 Å². The van der Waals surface area contributed by atoms with Crippen molar-refractivity contribution in [3.8, 4) is 0 Å². The predicted octanol–water partition coefficient (Wildman–Crippen LogP) is -2.65. The fourth-order valence-electron chi connectivity index (χ4n) is 2.60. The van der Waals surface area contributed by atoms with E-state index in [-0.39, 0.29) is 24.8 Å². The Labute approximate surface area is 187 Å². The summed E-state index contributed by atoms with van der Waals surface area (Å²) in [5.41, 5.74) is 16.1. The number of nitrogens with two attached hydrogens (primary N) is 3. The van der Waals surface area contributed by atoms with Crippen molar-refractivity contribution in [3.63, 3.8) is 0 Å². The summed E-state index contributed by atoms with van der Waals surface area (Å²) in [7, 11) is 0. The van der Waals surface area contributed by atoms with Crippen LogP contribution in [0.4, 0.5) is 0 Å². The molecule has 3 amide bonds. The maximum absolute atomic E-state index is 12.8. The van der Waals surface area contributed by atoms with E-state index < -0.39 is 54.0 Å². The van der Waals surface area contributed by atoms with Crippen molar-refractivity contribution < 1.29 is 29.4 Å². The summed E-state index contributed by atoms with van der Waals surface area (Å²) in [6.07, 6.45) is -0.154. The largest absolute Gasteiger partial charge is 0.480 e. The van der Waals surface area contributed by atoms with Crippen molar-refractivity contribution in [2.75, 3.05) is 6.54 Å². The molecule has 0 rings (SSSR count). The summed E-state index contributed by atoms with van der Waals surface area (Å²) < 4.78 is 0. The highest BCUT2D eigenvalue weighted by molar-refractivity contribution is 5.94. The monoisotopic (exact) mass is 459 g/mol. The molecule has 0 spiro atoms. The van der Waals surface area contributed by atoms with E-state index in [4.69, 9.17) is 17.2 Å². The van der Waals surface area contributed by atoms with Crippen molar-refractivity contribution in [3.05, 3.63) is 0 Å². The number of carbonyl (C=O) groups is 4. The Hall–Kier alpha value is -2.93. The van der Waals surface area contributed by atoms with Gasteiger partial charge in [-0.1, -0.05) is 20.3 Å². The Balaban J connectivity index is 5.31. The number of guanidine groups is 1. The molecular formula is C19H37N7O6. The molecule has 13 heteroatoms. The Morgan fingerprint density at radius 3 is 2.03 bits per heavy atom. The van der Waals surface area contributed by atoms with Gasteiger partial charge in [0.05, 0.1) is 6.10 Å². The van der Waals surface area contributed by atoms with Gasteiger partial charge in [0, 0.05) is 6.54 Å². The summed E-state index contributed by atoms with van der Waals surface area (Å²) in [5, 5.41) is 26.1. The number of aliphatic hydroxyl groups excluding tert-OH is 1. The molecule has 0 aromatic heterocycles. The molecule has 0 aromatic carbocycles. The summed E-state index contributed by atoms with van der Waals surface area (Å²) in [5.74, 6) is -3.76. The smallest absolute Gasteiger partial charge is 0.326 e. The normalized spacial score (nSPS) is 16.4. The van der Waals surface area contributed by atoms with Crippen LogP contribution in [0.15, 0.2) is 4.99 Å². The molecule has 0 radical (unpaired) electrons. The number of aliphatic hydroxyl groups is 1. The van der Waals surface area contributed by atoms with Gasteiger partial charge in [0.1, 0.15) is 24.2 Å². The molecule has 11 N–H and O–H groups in total. The van der Waals surface area contributed by atoms with Crippen LogP contribution in [0.2, 0.25) is 0 Å². The molecule has 0 aromatic rings. The highest BCUT2D eigenvalue weighted by Crippen LogP contribution is 2.09. The Morgan fingerprint density at radius 1 is 0.969 bits per heavy atom. The zero-order chi connectivity index (χ0) is 25.0. The molecular weight excluding hydrogens is 422 g/mol. The number of aliphatic carboxylic acids is 1. The molecule has 0 saturated heterocycles. The first-order chi connectivity index (χ1) is 14.8. The van der Waals surface area contributed by atoms with E-state index in [1.165, 1.54) is 13.8 Å². The molecule has 0 fully saturated rings. The van der Waals surface area contributed by atoms with Gasteiger partial charge in [-0.15, -0.1) is 0 Å². The number of carbonyl (C=O) groups excluding carboxylic acids is 3. The zero-order valence-electron chi connectivity index (χ0n) is 19.0. The Morgan fingerprint density at radius 2 is 1.56 bits per heavy atom. The lowest BCUT2D eigenvalue weighted by Gasteiger charge is -2.25. The molecule has 0 aliphatic rings. The Bertz CT molecular complexity index is 681. The van der Waals surface area contributed by atoms with Crippen LogP contribution >= 0.6 is 0 Å². The van der Waals surface area contributed by atoms with Gasteiger partial charge in [0.25, 0.3) is 0 Å². The average molecular weight is 460 g/mol. The van der Waals surface area contributed by atoms with Crippen LogP contribution in [0.5, 0.6) is 0 Å². The molecule has 0 saturated carbocycles. The SMILES string of the molecule is CCC(C)C(NC(=O)C(CCCN=C(N)N)NC(=O)C(C)NC(=O)C(N)C(C)O)C(=O)O. The van der Waals surface area contributed by atoms with Crippen LogP contribution in [0.25, 0.3) is 0 Å². The second-order valence-corrected chi connectivity index (χ2v) is 7.72. The standard InChI is InChI=1S/C19H37N7O6/c1-5-9(2)14(18(31)32)26-16(29)12(7-6-8-23-19(21)22)25-15(28)10(3)24-17(30)13(20)11(4)27/h9-14,27H,5-8,20H2,1-4H3,(H,24,30)(H,25,28)(H,26,29)(H,31,32)(H4,21,22,23). The van der Waals surface area contributed by atoms with Crippen LogP contribution in [-0.2, 0) is 19.2 Å². The third-order valence-corrected chi connectivity index (χ3v) is 4.93. The van der Waals surface area contributed by atoms with E-state index in [0.717, 1.165) is 0 Å². The Kier molecular flexibility index (Phi) is 12.9. The first kappa shape index (κ1) is 29.1. The van der Waals surface area contributed by atoms with E-state index in [1.54, 1.807) is 13.8 Å². The average Bonchev–Trinajstić information content (AvgIpc) is 2.71. The number of carboxylic acid groups (broad SMARTS) is 1. The van der Waals surface area contributed by atoms with E-state index in [2.05, 4.69) is 20.9 Å². The summed E-state index contributed by atoms with van der Waals surface area (Å²) in [6.45, 7) is 6.40. The highest BCUT2D eigenvalue weighted by atomic mass is 16.4. The van der Waals surface area contributed by atoms with Gasteiger partial charge in [-0.25, -0.2) is 4.79 Å². The number of hydrogen-bond acceptors (Lipinski definition) is 7. The third kappa shape index (κ3) is 10.4. The number of hydrogen-bond donors (Lipinski definition) is 8. The van der Waals surface area contributed by atoms with Crippen molar-refractivity contribution in [1.29, 1.82) is 0 Å². The van der Waals surface area contributed by atoms with Gasteiger partial charge in [0.15, 0.2) is 5.96 Å². The summed E-state index contributed by atoms with van der Waals surface area (Å²) >= 11 is 0. The number of nitrogens with one attached hydrogen (secondary N) is 3. The second kappa shape index (κ2) is 14.2. The van der Waals surface area contributed by atoms with Crippen molar-refractivity contribution >= 4 is 29.7 Å². The number of aliphatic imine (C=N–C) groups is 1. The van der Waals surface area contributed by atoms with E-state index in [9.17, 15) is 29.4 Å². The topological polar surface area (TPSA) is 235 Å². The molecule has 0 bridgehead atoms. The highest BCUT2D eigenvalue weighted by Gasteiger charge is 2.31. The van der Waals surface area contributed by atoms with Crippen LogP contribution in [0.1, 0.15) is 47.0 Å². The summed E-state index contributed by atoms with van der Waals surface area (Å²) in [6, 6.07) is -4.51. The quantitative estimate of drug-likeness (QED) is 0.0768. The van der Waals surface area contributed by atoms with Crippen molar-refractivity contribution in [2.45, 2.75) is 77.2 Å². The first-order valence-electron chi connectivity index (χ1n) is 10.4. The van der Waals surface area contributed by atoms with E-state index in [1.807, 2.05) is 0 Å². The molecule has 184 valence electrons. The number of nitrogens with zero attached hydrogens (tertiary/aromatic N) is 1. The molecule has 0 heterocycles. The second-order valence-electron chi connectivity index (χ2n) is 7.72. The zero-order valence-corrected chi connectivity index (χ0v) is 19.0. The predicted molar refractivity (Wildman–Crippen MR) is 118 cm³/mol. The van der Waals surface area contributed by atoms with Crippen LogP contribution < -0.4 is 33.2 Å². The molecule has 6 unspecified atom stereocenters. The molecule has 0 aliphatic carbocycles. The maximum atomic E-state index is 12.8. The molecule has 6 atom stereocenters. The lowest BCUT2D eigenvalue weighted by molar-refractivity contribution is -0.144.